The second-order valence-corrected chi connectivity index (χ2v) is 7.52. The Labute approximate surface area is 144 Å². The Morgan fingerprint density at radius 1 is 1.46 bits per heavy atom. The standard InChI is InChI=1S/C16H20N4O3S/c1-10-18-19-16(24-10)20-7-13-11(9-23-14(13)8-20)5-15(21)17-6-12-3-2-4-22-12/h2-4,11,13-14H,5-9H2,1H3,(H,17,21)/t11-,13+,14+/m0/s1. The summed E-state index contributed by atoms with van der Waals surface area (Å²) in [5.74, 6) is 1.45. The summed E-state index contributed by atoms with van der Waals surface area (Å²) in [6, 6.07) is 3.67. The van der Waals surface area contributed by atoms with E-state index in [1.165, 1.54) is 0 Å². The van der Waals surface area contributed by atoms with Crippen molar-refractivity contribution in [1.29, 1.82) is 0 Å². The molecule has 0 spiro atoms. The zero-order valence-electron chi connectivity index (χ0n) is 13.5. The van der Waals surface area contributed by atoms with Crippen LogP contribution in [0.15, 0.2) is 22.8 Å². The lowest BCUT2D eigenvalue weighted by atomic mass is 9.90. The molecule has 2 aliphatic heterocycles. The first-order valence-corrected chi connectivity index (χ1v) is 8.96. The van der Waals surface area contributed by atoms with E-state index >= 15 is 0 Å². The number of rotatable bonds is 5. The lowest BCUT2D eigenvalue weighted by molar-refractivity contribution is -0.122. The molecule has 7 nitrogen and oxygen atoms in total. The molecule has 0 aromatic carbocycles. The Hall–Kier alpha value is -1.93. The zero-order valence-corrected chi connectivity index (χ0v) is 14.3. The lowest BCUT2D eigenvalue weighted by Gasteiger charge is -2.18. The molecule has 1 N–H and O–H groups in total. The molecule has 0 aliphatic carbocycles. The van der Waals surface area contributed by atoms with Crippen LogP contribution in [0.1, 0.15) is 17.2 Å². The highest BCUT2D eigenvalue weighted by Gasteiger charge is 2.45. The van der Waals surface area contributed by atoms with E-state index in [2.05, 4.69) is 20.4 Å². The number of hydrogen-bond donors (Lipinski definition) is 1. The molecule has 2 aliphatic rings. The molecule has 3 atom stereocenters. The van der Waals surface area contributed by atoms with Crippen LogP contribution in [0.2, 0.25) is 0 Å². The highest BCUT2D eigenvalue weighted by atomic mass is 32.1. The van der Waals surface area contributed by atoms with Gasteiger partial charge in [0.25, 0.3) is 0 Å². The fourth-order valence-corrected chi connectivity index (χ4v) is 4.19. The number of aryl methyl sites for hydroxylation is 1. The molecule has 24 heavy (non-hydrogen) atoms. The van der Waals surface area contributed by atoms with E-state index in [1.807, 2.05) is 19.1 Å². The first kappa shape index (κ1) is 15.6. The molecule has 2 saturated heterocycles. The Morgan fingerprint density at radius 2 is 2.38 bits per heavy atom. The van der Waals surface area contributed by atoms with Gasteiger partial charge in [0.05, 0.1) is 25.5 Å². The van der Waals surface area contributed by atoms with Crippen LogP contribution in [0, 0.1) is 18.8 Å². The van der Waals surface area contributed by atoms with Crippen molar-refractivity contribution in [3.8, 4) is 0 Å². The van der Waals surface area contributed by atoms with Crippen molar-refractivity contribution in [3.63, 3.8) is 0 Å². The summed E-state index contributed by atoms with van der Waals surface area (Å²) in [4.78, 5) is 14.4. The quantitative estimate of drug-likeness (QED) is 0.884. The van der Waals surface area contributed by atoms with E-state index in [0.29, 0.717) is 25.5 Å². The maximum Gasteiger partial charge on any atom is 0.220 e. The second kappa shape index (κ2) is 6.52. The molecular formula is C16H20N4O3S. The van der Waals surface area contributed by atoms with Crippen molar-refractivity contribution in [3.05, 3.63) is 29.2 Å². The molecule has 128 valence electrons. The Kier molecular flexibility index (Phi) is 4.24. The summed E-state index contributed by atoms with van der Waals surface area (Å²) in [5, 5.41) is 13.1. The van der Waals surface area contributed by atoms with E-state index in [-0.39, 0.29) is 17.9 Å². The Bertz CT molecular complexity index is 702. The van der Waals surface area contributed by atoms with Crippen LogP contribution in [-0.4, -0.2) is 41.9 Å². The molecule has 0 unspecified atom stereocenters. The maximum atomic E-state index is 12.2. The van der Waals surface area contributed by atoms with Crippen molar-refractivity contribution in [2.75, 3.05) is 24.6 Å². The fraction of sp³-hybridized carbons (Fsp3) is 0.562. The van der Waals surface area contributed by atoms with Gasteiger partial charge >= 0.3 is 0 Å². The van der Waals surface area contributed by atoms with Crippen LogP contribution in [0.3, 0.4) is 0 Å². The van der Waals surface area contributed by atoms with Crippen LogP contribution in [0.5, 0.6) is 0 Å². The third kappa shape index (κ3) is 3.16. The van der Waals surface area contributed by atoms with Crippen LogP contribution in [0.25, 0.3) is 0 Å². The van der Waals surface area contributed by atoms with Crippen molar-refractivity contribution in [2.45, 2.75) is 26.0 Å². The average Bonchev–Trinajstić information content (AvgIpc) is 3.30. The number of nitrogens with one attached hydrogen (secondary N) is 1. The normalized spacial score (nSPS) is 25.9. The number of fused-ring (bicyclic) bond motifs is 1. The van der Waals surface area contributed by atoms with Crippen molar-refractivity contribution in [2.24, 2.45) is 11.8 Å². The molecule has 2 fully saturated rings. The maximum absolute atomic E-state index is 12.2. The summed E-state index contributed by atoms with van der Waals surface area (Å²) >= 11 is 1.60. The molecule has 4 heterocycles. The topological polar surface area (TPSA) is 80.5 Å². The highest BCUT2D eigenvalue weighted by Crippen LogP contribution is 2.38. The van der Waals surface area contributed by atoms with Gasteiger partial charge in [-0.3, -0.25) is 4.79 Å². The van der Waals surface area contributed by atoms with E-state index in [0.717, 1.165) is 29.0 Å². The van der Waals surface area contributed by atoms with Crippen LogP contribution < -0.4 is 10.2 Å². The number of amides is 1. The minimum absolute atomic E-state index is 0.0471. The molecule has 4 rings (SSSR count). The van der Waals surface area contributed by atoms with Gasteiger partial charge in [-0.25, -0.2) is 0 Å². The second-order valence-electron chi connectivity index (χ2n) is 6.36. The predicted octanol–water partition coefficient (Wildman–Crippen LogP) is 1.60. The summed E-state index contributed by atoms with van der Waals surface area (Å²) in [6.07, 6.45) is 2.29. The number of furan rings is 1. The summed E-state index contributed by atoms with van der Waals surface area (Å²) in [5.41, 5.74) is 0. The monoisotopic (exact) mass is 348 g/mol. The van der Waals surface area contributed by atoms with Gasteiger partial charge in [0.1, 0.15) is 10.8 Å². The number of nitrogens with zero attached hydrogens (tertiary/aromatic N) is 3. The zero-order chi connectivity index (χ0) is 16.5. The summed E-state index contributed by atoms with van der Waals surface area (Å²) < 4.78 is 11.1. The average molecular weight is 348 g/mol. The molecule has 1 amide bonds. The van der Waals surface area contributed by atoms with Gasteiger partial charge in [-0.15, -0.1) is 10.2 Å². The van der Waals surface area contributed by atoms with Crippen LogP contribution in [0.4, 0.5) is 5.13 Å². The number of carbonyl (C=O) groups excluding carboxylic acids is 1. The molecule has 0 radical (unpaired) electrons. The third-order valence-corrected chi connectivity index (χ3v) is 5.61. The molecule has 0 bridgehead atoms. The Morgan fingerprint density at radius 3 is 3.12 bits per heavy atom. The predicted molar refractivity (Wildman–Crippen MR) is 88.8 cm³/mol. The van der Waals surface area contributed by atoms with Gasteiger partial charge < -0.3 is 19.4 Å². The van der Waals surface area contributed by atoms with Gasteiger partial charge in [-0.2, -0.15) is 0 Å². The number of ether oxygens (including phenoxy) is 1. The smallest absolute Gasteiger partial charge is 0.220 e. The lowest BCUT2D eigenvalue weighted by Crippen LogP contribution is -2.29. The van der Waals surface area contributed by atoms with Crippen molar-refractivity contribution in [1.82, 2.24) is 15.5 Å². The van der Waals surface area contributed by atoms with Gasteiger partial charge in [-0.05, 0) is 25.0 Å². The largest absolute Gasteiger partial charge is 0.467 e. The number of anilines is 1. The highest BCUT2D eigenvalue weighted by molar-refractivity contribution is 7.15. The first-order valence-electron chi connectivity index (χ1n) is 8.15. The van der Waals surface area contributed by atoms with E-state index in [1.54, 1.807) is 17.6 Å². The molecule has 0 saturated carbocycles. The summed E-state index contributed by atoms with van der Waals surface area (Å²) in [7, 11) is 0. The van der Waals surface area contributed by atoms with Gasteiger partial charge in [0, 0.05) is 25.4 Å². The van der Waals surface area contributed by atoms with E-state index in [4.69, 9.17) is 9.15 Å². The number of aromatic nitrogens is 2. The van der Waals surface area contributed by atoms with Crippen LogP contribution in [-0.2, 0) is 16.1 Å². The van der Waals surface area contributed by atoms with Gasteiger partial charge in [0.15, 0.2) is 0 Å². The molecule has 2 aromatic rings. The van der Waals surface area contributed by atoms with Crippen LogP contribution >= 0.6 is 11.3 Å². The van der Waals surface area contributed by atoms with Gasteiger partial charge in [-0.1, -0.05) is 11.3 Å². The van der Waals surface area contributed by atoms with E-state index in [9.17, 15) is 4.79 Å². The molecule has 2 aromatic heterocycles. The minimum atomic E-state index is 0.0471. The summed E-state index contributed by atoms with van der Waals surface area (Å²) in [6.45, 7) is 4.77. The van der Waals surface area contributed by atoms with Crippen molar-refractivity contribution >= 4 is 22.4 Å². The first-order chi connectivity index (χ1) is 11.7. The van der Waals surface area contributed by atoms with Gasteiger partial charge in [0.2, 0.25) is 11.0 Å². The Balaban J connectivity index is 1.31. The number of hydrogen-bond acceptors (Lipinski definition) is 7. The SMILES string of the molecule is Cc1nnc(N2C[C@@H]3[C@@H](CC(=O)NCc4ccco4)CO[C@@H]3C2)s1. The molecular weight excluding hydrogens is 328 g/mol. The van der Waals surface area contributed by atoms with Crippen molar-refractivity contribution < 1.29 is 13.9 Å². The molecule has 8 heteroatoms. The number of carbonyl (C=O) groups is 1. The third-order valence-electron chi connectivity index (χ3n) is 4.71. The minimum Gasteiger partial charge on any atom is -0.467 e. The van der Waals surface area contributed by atoms with E-state index < -0.39 is 0 Å². The fourth-order valence-electron chi connectivity index (χ4n) is 3.49.